The second-order valence-corrected chi connectivity index (χ2v) is 8.61. The maximum Gasteiger partial charge on any atom is 0.432 e. The van der Waals surface area contributed by atoms with Crippen LogP contribution in [-0.2, 0) is 12.5 Å². The van der Waals surface area contributed by atoms with Crippen molar-refractivity contribution in [2.45, 2.75) is 32.8 Å². The smallest absolute Gasteiger partial charge is 0.429 e. The van der Waals surface area contributed by atoms with E-state index in [0.29, 0.717) is 23.8 Å². The van der Waals surface area contributed by atoms with Crippen LogP contribution in [0.5, 0.6) is 5.75 Å². The molecule has 0 saturated heterocycles. The van der Waals surface area contributed by atoms with Crippen molar-refractivity contribution >= 4 is 0 Å². The molecule has 192 valence electrons. The fraction of sp³-hybridized carbons (Fsp3) is 0.172. The number of ether oxygens (including phenoxy) is 1. The summed E-state index contributed by atoms with van der Waals surface area (Å²) < 4.78 is 105. The molecule has 0 atom stereocenters. The van der Waals surface area contributed by atoms with E-state index in [-0.39, 0.29) is 16.7 Å². The molecule has 0 aliphatic rings. The maximum absolute atomic E-state index is 14.9. The monoisotopic (exact) mass is 518 g/mol. The molecular formula is C29H21F7O. The first-order chi connectivity index (χ1) is 17.5. The zero-order valence-electron chi connectivity index (χ0n) is 19.8. The van der Waals surface area contributed by atoms with Crippen molar-refractivity contribution < 1.29 is 35.5 Å². The third kappa shape index (κ3) is 5.48. The van der Waals surface area contributed by atoms with Crippen LogP contribution < -0.4 is 4.74 Å². The Bertz CT molecular complexity index is 1400. The Morgan fingerprint density at radius 3 is 1.84 bits per heavy atom. The topological polar surface area (TPSA) is 9.23 Å². The highest BCUT2D eigenvalue weighted by molar-refractivity contribution is 5.71. The molecule has 0 amide bonds. The summed E-state index contributed by atoms with van der Waals surface area (Å²) in [5.74, 6) is -7.75. The number of rotatable bonds is 7. The van der Waals surface area contributed by atoms with Gasteiger partial charge >= 0.3 is 6.11 Å². The Kier molecular flexibility index (Phi) is 7.30. The highest BCUT2D eigenvalue weighted by Gasteiger charge is 2.41. The van der Waals surface area contributed by atoms with E-state index >= 15 is 0 Å². The molecule has 0 N–H and O–H groups in total. The number of aryl methyl sites for hydroxylation is 2. The Hall–Kier alpha value is -3.81. The number of hydrogen-bond donors (Lipinski definition) is 0. The summed E-state index contributed by atoms with van der Waals surface area (Å²) in [6.45, 7) is 3.17. The second kappa shape index (κ2) is 10.3. The van der Waals surface area contributed by atoms with Gasteiger partial charge in [-0.15, -0.1) is 0 Å². The Labute approximate surface area is 209 Å². The summed E-state index contributed by atoms with van der Waals surface area (Å²) in [6, 6.07) is 13.8. The van der Waals surface area contributed by atoms with E-state index in [2.05, 4.69) is 11.7 Å². The van der Waals surface area contributed by atoms with Gasteiger partial charge in [-0.3, -0.25) is 0 Å². The summed E-state index contributed by atoms with van der Waals surface area (Å²) in [5, 5.41) is 0. The molecule has 0 bridgehead atoms. The van der Waals surface area contributed by atoms with Crippen molar-refractivity contribution in [3.63, 3.8) is 0 Å². The van der Waals surface area contributed by atoms with Gasteiger partial charge in [0.05, 0.1) is 0 Å². The molecule has 1 nitrogen and oxygen atoms in total. The van der Waals surface area contributed by atoms with Gasteiger partial charge in [-0.2, -0.15) is 8.78 Å². The van der Waals surface area contributed by atoms with Crippen LogP contribution in [0.1, 0.15) is 30.0 Å². The van der Waals surface area contributed by atoms with Crippen molar-refractivity contribution in [2.24, 2.45) is 0 Å². The zero-order chi connectivity index (χ0) is 26.9. The number of benzene rings is 4. The SMILES string of the molecule is CCCc1ccc(-c2ccc(-c3cc(F)c(C(F)(F)Oc4cc(C)c(F)c(F)c4)c(F)c3)c(F)c2)cc1. The first-order valence-corrected chi connectivity index (χ1v) is 11.4. The van der Waals surface area contributed by atoms with Gasteiger partial charge in [-0.1, -0.05) is 49.7 Å². The van der Waals surface area contributed by atoms with Crippen LogP contribution in [-0.4, -0.2) is 0 Å². The lowest BCUT2D eigenvalue weighted by Crippen LogP contribution is -2.25. The van der Waals surface area contributed by atoms with Gasteiger partial charge in [0.25, 0.3) is 0 Å². The second-order valence-electron chi connectivity index (χ2n) is 8.61. The van der Waals surface area contributed by atoms with Gasteiger partial charge in [0, 0.05) is 11.6 Å². The average Bonchev–Trinajstić information content (AvgIpc) is 2.82. The molecule has 4 rings (SSSR count). The Morgan fingerprint density at radius 1 is 0.676 bits per heavy atom. The fourth-order valence-electron chi connectivity index (χ4n) is 4.04. The lowest BCUT2D eigenvalue weighted by Gasteiger charge is -2.20. The maximum atomic E-state index is 14.9. The van der Waals surface area contributed by atoms with E-state index in [1.54, 1.807) is 6.07 Å². The van der Waals surface area contributed by atoms with Gasteiger partial charge in [0.2, 0.25) is 0 Å². The fourth-order valence-corrected chi connectivity index (χ4v) is 4.04. The molecular weight excluding hydrogens is 497 g/mol. The third-order valence-electron chi connectivity index (χ3n) is 5.87. The van der Waals surface area contributed by atoms with Crippen LogP contribution in [0.2, 0.25) is 0 Å². The van der Waals surface area contributed by atoms with E-state index in [1.807, 2.05) is 24.3 Å². The lowest BCUT2D eigenvalue weighted by molar-refractivity contribution is -0.189. The minimum atomic E-state index is -4.57. The predicted octanol–water partition coefficient (Wildman–Crippen LogP) is 9.11. The van der Waals surface area contributed by atoms with Crippen LogP contribution in [0.4, 0.5) is 30.7 Å². The molecule has 4 aromatic carbocycles. The van der Waals surface area contributed by atoms with Gasteiger partial charge < -0.3 is 4.74 Å². The molecule has 0 unspecified atom stereocenters. The van der Waals surface area contributed by atoms with Gasteiger partial charge in [0.15, 0.2) is 11.6 Å². The van der Waals surface area contributed by atoms with Crippen molar-refractivity contribution in [3.8, 4) is 28.0 Å². The minimum absolute atomic E-state index is 0.198. The first-order valence-electron chi connectivity index (χ1n) is 11.4. The van der Waals surface area contributed by atoms with Crippen LogP contribution in [0.25, 0.3) is 22.3 Å². The average molecular weight is 518 g/mol. The molecule has 0 spiro atoms. The van der Waals surface area contributed by atoms with Crippen molar-refractivity contribution in [2.75, 3.05) is 0 Å². The first kappa shape index (κ1) is 26.3. The Morgan fingerprint density at radius 2 is 1.27 bits per heavy atom. The van der Waals surface area contributed by atoms with Crippen molar-refractivity contribution in [1.29, 1.82) is 0 Å². The summed E-state index contributed by atoms with van der Waals surface area (Å²) in [5.41, 5.74) is -0.182. The van der Waals surface area contributed by atoms with Crippen LogP contribution in [0.15, 0.2) is 66.7 Å². The summed E-state index contributed by atoms with van der Waals surface area (Å²) in [7, 11) is 0. The van der Waals surface area contributed by atoms with E-state index < -0.39 is 46.5 Å². The van der Waals surface area contributed by atoms with Gasteiger partial charge in [-0.05, 0) is 65.4 Å². The van der Waals surface area contributed by atoms with E-state index in [0.717, 1.165) is 37.0 Å². The summed E-state index contributed by atoms with van der Waals surface area (Å²) in [6.07, 6.45) is -2.68. The number of hydrogen-bond acceptors (Lipinski definition) is 1. The highest BCUT2D eigenvalue weighted by atomic mass is 19.3. The van der Waals surface area contributed by atoms with Crippen LogP contribution >= 0.6 is 0 Å². The number of alkyl halides is 2. The highest BCUT2D eigenvalue weighted by Crippen LogP contribution is 2.38. The van der Waals surface area contributed by atoms with Crippen molar-refractivity contribution in [3.05, 3.63) is 113 Å². The molecule has 0 aliphatic carbocycles. The molecule has 0 aliphatic heterocycles. The molecule has 0 radical (unpaired) electrons. The Balaban J connectivity index is 1.64. The van der Waals surface area contributed by atoms with E-state index in [9.17, 15) is 30.7 Å². The molecule has 0 fully saturated rings. The number of halogens is 7. The summed E-state index contributed by atoms with van der Waals surface area (Å²) >= 11 is 0. The largest absolute Gasteiger partial charge is 0.432 e. The summed E-state index contributed by atoms with van der Waals surface area (Å²) in [4.78, 5) is 0. The normalized spacial score (nSPS) is 11.6. The molecule has 37 heavy (non-hydrogen) atoms. The molecule has 0 heterocycles. The van der Waals surface area contributed by atoms with Crippen LogP contribution in [0, 0.1) is 36.0 Å². The van der Waals surface area contributed by atoms with Gasteiger partial charge in [0.1, 0.15) is 28.8 Å². The zero-order valence-corrected chi connectivity index (χ0v) is 19.8. The van der Waals surface area contributed by atoms with E-state index in [4.69, 9.17) is 0 Å². The predicted molar refractivity (Wildman–Crippen MR) is 127 cm³/mol. The lowest BCUT2D eigenvalue weighted by atomic mass is 9.97. The molecule has 4 aromatic rings. The minimum Gasteiger partial charge on any atom is -0.429 e. The van der Waals surface area contributed by atoms with Crippen molar-refractivity contribution in [1.82, 2.24) is 0 Å². The quantitative estimate of drug-likeness (QED) is 0.222. The standard InChI is InChI=1S/C29H21F7O/c1-3-4-17-5-7-18(8-6-17)19-9-10-22(23(30)12-19)20-13-24(31)27(25(32)14-20)29(35,36)37-21-11-16(2)28(34)26(33)15-21/h5-15H,3-4H2,1-2H3. The molecule has 8 heteroatoms. The van der Waals surface area contributed by atoms with E-state index in [1.165, 1.54) is 12.1 Å². The molecule has 0 saturated carbocycles. The third-order valence-corrected chi connectivity index (χ3v) is 5.87. The van der Waals surface area contributed by atoms with Crippen LogP contribution in [0.3, 0.4) is 0 Å². The van der Waals surface area contributed by atoms with Gasteiger partial charge in [-0.25, -0.2) is 22.0 Å². The molecule has 0 aromatic heterocycles.